The predicted molar refractivity (Wildman–Crippen MR) is 130 cm³/mol. The van der Waals surface area contributed by atoms with Crippen LogP contribution in [0.2, 0.25) is 0 Å². The number of hydrogen-bond donors (Lipinski definition) is 0. The fourth-order valence-corrected chi connectivity index (χ4v) is 4.94. The second kappa shape index (κ2) is 9.63. The second-order valence-electron chi connectivity index (χ2n) is 9.93. The van der Waals surface area contributed by atoms with Gasteiger partial charge in [0, 0.05) is 5.92 Å². The molecular formula is C28H33NO5. The van der Waals surface area contributed by atoms with Gasteiger partial charge in [-0.25, -0.2) is 9.59 Å². The molecule has 0 aliphatic heterocycles. The Morgan fingerprint density at radius 1 is 1.00 bits per heavy atom. The molecule has 1 amide bonds. The first-order valence-electron chi connectivity index (χ1n) is 11.9. The van der Waals surface area contributed by atoms with Gasteiger partial charge in [-0.2, -0.15) is 5.06 Å². The minimum atomic E-state index is -1.21. The molecule has 0 atom stereocenters. The van der Waals surface area contributed by atoms with Crippen LogP contribution in [0.15, 0.2) is 61.2 Å². The van der Waals surface area contributed by atoms with E-state index in [9.17, 15) is 9.59 Å². The first-order chi connectivity index (χ1) is 16.3. The molecule has 0 unspecified atom stereocenters. The summed E-state index contributed by atoms with van der Waals surface area (Å²) in [7, 11) is 0. The molecule has 0 spiro atoms. The average Bonchev–Trinajstić information content (AvgIpc) is 3.43. The molecule has 2 aromatic rings. The van der Waals surface area contributed by atoms with E-state index < -0.39 is 23.2 Å². The lowest BCUT2D eigenvalue weighted by atomic mass is 9.97. The largest absolute Gasteiger partial charge is 0.460 e. The third kappa shape index (κ3) is 4.60. The summed E-state index contributed by atoms with van der Waals surface area (Å²) in [5.74, 6) is -0.567. The van der Waals surface area contributed by atoms with Crippen LogP contribution in [0, 0.1) is 0 Å². The van der Waals surface area contributed by atoms with Gasteiger partial charge in [-0.3, -0.25) is 4.84 Å². The van der Waals surface area contributed by atoms with E-state index in [0.29, 0.717) is 12.8 Å². The van der Waals surface area contributed by atoms with Crippen LogP contribution in [0.4, 0.5) is 4.79 Å². The number of fused-ring (bicyclic) bond motifs is 3. The fraction of sp³-hybridized carbons (Fsp3) is 0.429. The Bertz CT molecular complexity index is 1020. The van der Waals surface area contributed by atoms with E-state index in [1.54, 1.807) is 0 Å². The highest BCUT2D eigenvalue weighted by molar-refractivity contribution is 5.86. The highest BCUT2D eigenvalue weighted by Gasteiger charge is 2.53. The summed E-state index contributed by atoms with van der Waals surface area (Å²) in [6.07, 6.45) is 3.36. The lowest BCUT2D eigenvalue weighted by molar-refractivity contribution is -0.254. The molecule has 2 aliphatic carbocycles. The summed E-state index contributed by atoms with van der Waals surface area (Å²) >= 11 is 0. The molecule has 6 heteroatoms. The Balaban J connectivity index is 1.60. The molecule has 180 valence electrons. The van der Waals surface area contributed by atoms with E-state index >= 15 is 0 Å². The third-order valence-electron chi connectivity index (χ3n) is 6.40. The number of rotatable bonds is 7. The van der Waals surface area contributed by atoms with E-state index in [0.717, 1.165) is 40.2 Å². The van der Waals surface area contributed by atoms with Crippen molar-refractivity contribution < 1.29 is 23.9 Å². The zero-order valence-electron chi connectivity index (χ0n) is 20.2. The van der Waals surface area contributed by atoms with Crippen molar-refractivity contribution in [3.05, 3.63) is 72.3 Å². The van der Waals surface area contributed by atoms with E-state index in [1.165, 1.54) is 6.08 Å². The quantitative estimate of drug-likeness (QED) is 0.286. The Kier molecular flexibility index (Phi) is 6.80. The number of hydroxylamine groups is 2. The molecule has 6 nitrogen and oxygen atoms in total. The van der Waals surface area contributed by atoms with Crippen molar-refractivity contribution in [2.24, 2.45) is 0 Å². The number of esters is 1. The van der Waals surface area contributed by atoms with Crippen LogP contribution in [-0.4, -0.2) is 41.5 Å². The first kappa shape index (κ1) is 24.0. The maximum Gasteiger partial charge on any atom is 0.435 e. The number of hydrogen-bond acceptors (Lipinski definition) is 5. The van der Waals surface area contributed by atoms with Gasteiger partial charge in [-0.1, -0.05) is 74.0 Å². The van der Waals surface area contributed by atoms with Gasteiger partial charge >= 0.3 is 12.1 Å². The summed E-state index contributed by atoms with van der Waals surface area (Å²) < 4.78 is 11.3. The molecule has 2 aromatic carbocycles. The van der Waals surface area contributed by atoms with E-state index in [1.807, 2.05) is 45.0 Å². The van der Waals surface area contributed by atoms with Gasteiger partial charge in [0.25, 0.3) is 0 Å². The van der Waals surface area contributed by atoms with Crippen molar-refractivity contribution in [2.45, 2.75) is 63.5 Å². The Morgan fingerprint density at radius 2 is 1.56 bits per heavy atom. The molecule has 0 bridgehead atoms. The standard InChI is InChI=1S/C28H33NO5/c1-5-18-32-25(30)28(16-10-11-17-28)29(34-27(2,3)4)26(31)33-19-24-22-14-8-6-12-20(22)21-13-7-9-15-23(21)24/h5-9,12-15,24H,1,10-11,16-19H2,2-4H3. The van der Waals surface area contributed by atoms with Crippen LogP contribution in [0.1, 0.15) is 63.5 Å². The predicted octanol–water partition coefficient (Wildman–Crippen LogP) is 6.01. The number of carbonyl (C=O) groups is 2. The van der Waals surface area contributed by atoms with Crippen molar-refractivity contribution in [2.75, 3.05) is 13.2 Å². The van der Waals surface area contributed by atoms with Crippen LogP contribution in [0.25, 0.3) is 11.1 Å². The van der Waals surface area contributed by atoms with E-state index in [-0.39, 0.29) is 19.1 Å². The second-order valence-corrected chi connectivity index (χ2v) is 9.93. The maximum atomic E-state index is 13.5. The van der Waals surface area contributed by atoms with Gasteiger partial charge in [-0.05, 0) is 55.9 Å². The molecule has 0 saturated heterocycles. The van der Waals surface area contributed by atoms with Gasteiger partial charge in [0.1, 0.15) is 13.2 Å². The first-order valence-corrected chi connectivity index (χ1v) is 11.9. The summed E-state index contributed by atoms with van der Waals surface area (Å²) in [4.78, 5) is 32.7. The lowest BCUT2D eigenvalue weighted by Gasteiger charge is -2.40. The van der Waals surface area contributed by atoms with E-state index in [2.05, 4.69) is 30.8 Å². The van der Waals surface area contributed by atoms with Crippen LogP contribution in [0.5, 0.6) is 0 Å². The van der Waals surface area contributed by atoms with Crippen molar-refractivity contribution in [1.29, 1.82) is 0 Å². The molecular weight excluding hydrogens is 430 g/mol. The summed E-state index contributed by atoms with van der Waals surface area (Å²) in [5.41, 5.74) is 2.64. The molecule has 1 fully saturated rings. The van der Waals surface area contributed by atoms with Crippen molar-refractivity contribution in [3.63, 3.8) is 0 Å². The minimum absolute atomic E-state index is 0.0780. The van der Waals surface area contributed by atoms with E-state index in [4.69, 9.17) is 14.3 Å². The minimum Gasteiger partial charge on any atom is -0.460 e. The number of carbonyl (C=O) groups excluding carboxylic acids is 2. The van der Waals surface area contributed by atoms with Gasteiger partial charge in [0.05, 0.1) is 5.60 Å². The topological polar surface area (TPSA) is 65.1 Å². The molecule has 0 heterocycles. The number of ether oxygens (including phenoxy) is 2. The SMILES string of the molecule is C=CCOC(=O)C1(N(OC(C)(C)C)C(=O)OCC2c3ccccc3-c3ccccc32)CCCC1. The summed E-state index contributed by atoms with van der Waals surface area (Å²) in [6.45, 7) is 9.37. The Hall–Kier alpha value is -3.12. The molecule has 2 aliphatic rings. The highest BCUT2D eigenvalue weighted by Crippen LogP contribution is 2.45. The zero-order chi connectivity index (χ0) is 24.3. The van der Waals surface area contributed by atoms with Crippen molar-refractivity contribution in [3.8, 4) is 11.1 Å². The molecule has 0 N–H and O–H groups in total. The molecule has 34 heavy (non-hydrogen) atoms. The third-order valence-corrected chi connectivity index (χ3v) is 6.40. The average molecular weight is 464 g/mol. The van der Waals surface area contributed by atoms with Gasteiger partial charge < -0.3 is 9.47 Å². The van der Waals surface area contributed by atoms with Gasteiger partial charge in [-0.15, -0.1) is 0 Å². The monoisotopic (exact) mass is 463 g/mol. The molecule has 0 aromatic heterocycles. The molecule has 1 saturated carbocycles. The van der Waals surface area contributed by atoms with Gasteiger partial charge in [0.2, 0.25) is 0 Å². The fourth-order valence-electron chi connectivity index (χ4n) is 4.94. The molecule has 4 rings (SSSR count). The van der Waals surface area contributed by atoms with Gasteiger partial charge in [0.15, 0.2) is 5.54 Å². The number of nitrogens with zero attached hydrogens (tertiary/aromatic N) is 1. The number of amides is 1. The summed E-state index contributed by atoms with van der Waals surface area (Å²) in [5, 5.41) is 1.15. The Morgan fingerprint density at radius 3 is 2.09 bits per heavy atom. The Labute approximate surface area is 201 Å². The smallest absolute Gasteiger partial charge is 0.435 e. The number of benzene rings is 2. The normalized spacial score (nSPS) is 16.4. The van der Waals surface area contributed by atoms with Crippen LogP contribution >= 0.6 is 0 Å². The van der Waals surface area contributed by atoms with Crippen LogP contribution < -0.4 is 0 Å². The maximum absolute atomic E-state index is 13.5. The zero-order valence-corrected chi connectivity index (χ0v) is 20.2. The van der Waals surface area contributed by atoms with Crippen LogP contribution in [0.3, 0.4) is 0 Å². The highest BCUT2D eigenvalue weighted by atomic mass is 16.7. The van der Waals surface area contributed by atoms with Crippen LogP contribution in [-0.2, 0) is 19.1 Å². The molecule has 0 radical (unpaired) electrons. The van der Waals surface area contributed by atoms with Crippen molar-refractivity contribution >= 4 is 12.1 Å². The van der Waals surface area contributed by atoms with Crippen molar-refractivity contribution in [1.82, 2.24) is 5.06 Å². The lowest BCUT2D eigenvalue weighted by Crippen LogP contribution is -2.58. The summed E-state index contributed by atoms with van der Waals surface area (Å²) in [6, 6.07) is 16.4.